The summed E-state index contributed by atoms with van der Waals surface area (Å²) >= 11 is 0. The van der Waals surface area contributed by atoms with Gasteiger partial charge in [-0.1, -0.05) is 27.7 Å². The number of hydrogen-bond acceptors (Lipinski definition) is 1. The van der Waals surface area contributed by atoms with Crippen LogP contribution >= 0.6 is 0 Å². The lowest BCUT2D eigenvalue weighted by molar-refractivity contribution is -0.137. The van der Waals surface area contributed by atoms with Gasteiger partial charge in [0.25, 0.3) is 0 Å². The second-order valence-electron chi connectivity index (χ2n) is 3.01. The summed E-state index contributed by atoms with van der Waals surface area (Å²) in [6, 6.07) is 2.06. The minimum absolute atomic E-state index is 0.187. The Hall–Kier alpha value is -1.19. The molecular weight excluding hydrogens is 227 g/mol. The van der Waals surface area contributed by atoms with Crippen molar-refractivity contribution in [2.45, 2.75) is 47.7 Å². The first-order chi connectivity index (χ1) is 7.82. The molecule has 1 nitrogen and oxygen atoms in total. The van der Waals surface area contributed by atoms with Crippen LogP contribution in [0.15, 0.2) is 12.1 Å². The fourth-order valence-electron chi connectivity index (χ4n) is 1.05. The van der Waals surface area contributed by atoms with E-state index in [0.717, 1.165) is 12.1 Å². The topological polar surface area (TPSA) is 26.0 Å². The largest absolute Gasteiger partial charge is 0.416 e. The van der Waals surface area contributed by atoms with E-state index in [1.165, 1.54) is 0 Å². The van der Waals surface area contributed by atoms with Gasteiger partial charge in [-0.2, -0.15) is 13.2 Å². The highest BCUT2D eigenvalue weighted by atomic mass is 19.4. The molecule has 0 atom stereocenters. The summed E-state index contributed by atoms with van der Waals surface area (Å²) in [6.45, 7) is 11.3. The predicted octanol–water partition coefficient (Wildman–Crippen LogP) is 4.96. The molecular formula is C13H22F3N. The van der Waals surface area contributed by atoms with E-state index >= 15 is 0 Å². The lowest BCUT2D eigenvalue weighted by Crippen LogP contribution is -2.07. The minimum Gasteiger partial charge on any atom is -0.398 e. The van der Waals surface area contributed by atoms with Crippen molar-refractivity contribution in [1.82, 2.24) is 0 Å². The first kappa shape index (κ1) is 18.2. The molecule has 1 aromatic rings. The normalized spacial score (nSPS) is 9.71. The monoisotopic (exact) mass is 249 g/mol. The Morgan fingerprint density at radius 2 is 1.35 bits per heavy atom. The molecule has 0 fully saturated rings. The highest BCUT2D eigenvalue weighted by Crippen LogP contribution is 2.32. The van der Waals surface area contributed by atoms with Gasteiger partial charge in [0.05, 0.1) is 5.56 Å². The Labute approximate surface area is 102 Å². The van der Waals surface area contributed by atoms with Crippen LogP contribution in [-0.4, -0.2) is 0 Å². The molecule has 0 aliphatic heterocycles. The number of hydrogen-bond donors (Lipinski definition) is 1. The molecule has 4 heteroatoms. The molecule has 100 valence electrons. The molecule has 0 aliphatic rings. The maximum Gasteiger partial charge on any atom is 0.416 e. The van der Waals surface area contributed by atoms with Crippen LogP contribution in [0.5, 0.6) is 0 Å². The highest BCUT2D eigenvalue weighted by Gasteiger charge is 2.31. The molecule has 1 rings (SSSR count). The zero-order valence-electron chi connectivity index (χ0n) is 11.4. The van der Waals surface area contributed by atoms with Crippen molar-refractivity contribution in [3.63, 3.8) is 0 Å². The van der Waals surface area contributed by atoms with Crippen molar-refractivity contribution < 1.29 is 13.2 Å². The van der Waals surface area contributed by atoms with E-state index in [2.05, 4.69) is 0 Å². The van der Waals surface area contributed by atoms with Crippen molar-refractivity contribution in [3.05, 3.63) is 28.8 Å². The van der Waals surface area contributed by atoms with Gasteiger partial charge in [0.1, 0.15) is 0 Å². The van der Waals surface area contributed by atoms with Gasteiger partial charge in [-0.05, 0) is 37.1 Å². The fraction of sp³-hybridized carbons (Fsp3) is 0.538. The second-order valence-corrected chi connectivity index (χ2v) is 3.01. The maximum atomic E-state index is 12.2. The van der Waals surface area contributed by atoms with E-state index in [1.54, 1.807) is 13.8 Å². The Bertz CT molecular complexity index is 307. The number of halogens is 3. The van der Waals surface area contributed by atoms with Crippen LogP contribution in [0.25, 0.3) is 0 Å². The van der Waals surface area contributed by atoms with Gasteiger partial charge >= 0.3 is 6.18 Å². The standard InChI is InChI=1S/C9H10F3N.2C2H6/c1-5-3-7(9(10,11)12)4-8(13)6(5)2;2*1-2/h3-4H,13H2,1-2H3;2*1-2H3. The molecule has 0 unspecified atom stereocenters. The molecule has 0 radical (unpaired) electrons. The van der Waals surface area contributed by atoms with Gasteiger partial charge in [-0.25, -0.2) is 0 Å². The Morgan fingerprint density at radius 1 is 0.941 bits per heavy atom. The minimum atomic E-state index is -4.31. The lowest BCUT2D eigenvalue weighted by Gasteiger charge is -2.11. The van der Waals surface area contributed by atoms with Crippen LogP contribution < -0.4 is 5.73 Å². The third kappa shape index (κ3) is 5.61. The first-order valence-electron chi connectivity index (χ1n) is 5.76. The molecule has 0 bridgehead atoms. The Morgan fingerprint density at radius 3 is 1.65 bits per heavy atom. The van der Waals surface area contributed by atoms with E-state index in [0.29, 0.717) is 11.1 Å². The summed E-state index contributed by atoms with van der Waals surface area (Å²) in [5.74, 6) is 0. The fourth-order valence-corrected chi connectivity index (χ4v) is 1.05. The molecule has 0 heterocycles. The highest BCUT2D eigenvalue weighted by molar-refractivity contribution is 5.52. The molecule has 0 aliphatic carbocycles. The molecule has 1 aromatic carbocycles. The number of aryl methyl sites for hydroxylation is 1. The molecule has 0 spiro atoms. The quantitative estimate of drug-likeness (QED) is 0.646. The van der Waals surface area contributed by atoms with Gasteiger partial charge in [-0.15, -0.1) is 0 Å². The van der Waals surface area contributed by atoms with Crippen LogP contribution in [-0.2, 0) is 6.18 Å². The molecule has 2 N–H and O–H groups in total. The number of nitrogens with two attached hydrogens (primary N) is 1. The summed E-state index contributed by atoms with van der Waals surface area (Å²) in [5.41, 5.74) is 6.18. The summed E-state index contributed by atoms with van der Waals surface area (Å²) in [7, 11) is 0. The summed E-state index contributed by atoms with van der Waals surface area (Å²) in [5, 5.41) is 0. The van der Waals surface area contributed by atoms with Crippen molar-refractivity contribution >= 4 is 5.69 Å². The van der Waals surface area contributed by atoms with Gasteiger partial charge in [0.15, 0.2) is 0 Å². The average Bonchev–Trinajstić information content (AvgIpc) is 2.29. The number of rotatable bonds is 0. The summed E-state index contributed by atoms with van der Waals surface area (Å²) in [4.78, 5) is 0. The lowest BCUT2D eigenvalue weighted by atomic mass is 10.0. The van der Waals surface area contributed by atoms with E-state index in [1.807, 2.05) is 27.7 Å². The first-order valence-corrected chi connectivity index (χ1v) is 5.76. The molecule has 0 amide bonds. The zero-order chi connectivity index (χ0) is 14.2. The number of nitrogen functional groups attached to an aromatic ring is 1. The summed E-state index contributed by atoms with van der Waals surface area (Å²) < 4.78 is 36.7. The third-order valence-electron chi connectivity index (χ3n) is 2.03. The maximum absolute atomic E-state index is 12.2. The van der Waals surface area contributed by atoms with Gasteiger partial charge in [0, 0.05) is 5.69 Å². The van der Waals surface area contributed by atoms with Crippen molar-refractivity contribution in [2.75, 3.05) is 5.73 Å². The van der Waals surface area contributed by atoms with Crippen molar-refractivity contribution in [1.29, 1.82) is 0 Å². The van der Waals surface area contributed by atoms with Gasteiger partial charge in [-0.3, -0.25) is 0 Å². The zero-order valence-corrected chi connectivity index (χ0v) is 11.4. The molecule has 0 saturated carbocycles. The van der Waals surface area contributed by atoms with E-state index in [-0.39, 0.29) is 5.69 Å². The predicted molar refractivity (Wildman–Crippen MR) is 68.0 cm³/mol. The number of alkyl halides is 3. The smallest absolute Gasteiger partial charge is 0.398 e. The van der Waals surface area contributed by atoms with Gasteiger partial charge < -0.3 is 5.73 Å². The molecule has 17 heavy (non-hydrogen) atoms. The second kappa shape index (κ2) is 7.98. The van der Waals surface area contributed by atoms with E-state index < -0.39 is 11.7 Å². The third-order valence-corrected chi connectivity index (χ3v) is 2.03. The van der Waals surface area contributed by atoms with Crippen molar-refractivity contribution in [3.8, 4) is 0 Å². The average molecular weight is 249 g/mol. The number of anilines is 1. The van der Waals surface area contributed by atoms with Crippen LogP contribution in [0, 0.1) is 13.8 Å². The van der Waals surface area contributed by atoms with Crippen LogP contribution in [0.4, 0.5) is 18.9 Å². The van der Waals surface area contributed by atoms with Gasteiger partial charge in [0.2, 0.25) is 0 Å². The Kier molecular flexibility index (Phi) is 8.54. The van der Waals surface area contributed by atoms with Crippen molar-refractivity contribution in [2.24, 2.45) is 0 Å². The van der Waals surface area contributed by atoms with Crippen LogP contribution in [0.3, 0.4) is 0 Å². The molecule has 0 saturated heterocycles. The van der Waals surface area contributed by atoms with Crippen LogP contribution in [0.2, 0.25) is 0 Å². The summed E-state index contributed by atoms with van der Waals surface area (Å²) in [6.07, 6.45) is -4.31. The number of benzene rings is 1. The van der Waals surface area contributed by atoms with Crippen LogP contribution in [0.1, 0.15) is 44.4 Å². The van der Waals surface area contributed by atoms with E-state index in [4.69, 9.17) is 5.73 Å². The molecule has 0 aromatic heterocycles. The SMILES string of the molecule is CC.CC.Cc1cc(C(F)(F)F)cc(N)c1C. The van der Waals surface area contributed by atoms with E-state index in [9.17, 15) is 13.2 Å². The Balaban J connectivity index is 0.